The second-order valence-corrected chi connectivity index (χ2v) is 10.8. The van der Waals surface area contributed by atoms with E-state index in [1.165, 1.54) is 51.4 Å². The van der Waals surface area contributed by atoms with Gasteiger partial charge >= 0.3 is 12.1 Å². The number of rotatable bonds is 27. The number of carbonyl (C=O) groups excluding carboxylic acids is 2. The van der Waals surface area contributed by atoms with Crippen molar-refractivity contribution in [2.45, 2.75) is 129 Å². The molecule has 0 saturated carbocycles. The summed E-state index contributed by atoms with van der Waals surface area (Å²) in [4.78, 5) is 26.1. The lowest BCUT2D eigenvalue weighted by molar-refractivity contribution is -0.160. The van der Waals surface area contributed by atoms with Crippen molar-refractivity contribution in [3.05, 3.63) is 6.92 Å². The molecule has 231 valence electrons. The van der Waals surface area contributed by atoms with Crippen LogP contribution in [0.2, 0.25) is 0 Å². The fourth-order valence-electron chi connectivity index (χ4n) is 3.77. The molecule has 0 aromatic rings. The van der Waals surface area contributed by atoms with Crippen molar-refractivity contribution in [3.8, 4) is 0 Å². The molecule has 2 atom stereocenters. The maximum Gasteiger partial charge on any atom is 0.508 e. The Morgan fingerprint density at radius 2 is 1.21 bits per heavy atom. The highest BCUT2D eigenvalue weighted by molar-refractivity contribution is 5.69. The summed E-state index contributed by atoms with van der Waals surface area (Å²) in [6.07, 6.45) is 14.6. The number of unbranched alkanes of at least 4 members (excludes halogenated alkanes) is 10. The molecule has 0 aliphatic heterocycles. The molecule has 0 aromatic heterocycles. The Kier molecular flexibility index (Phi) is 25.9. The Morgan fingerprint density at radius 1 is 0.692 bits per heavy atom. The first-order chi connectivity index (χ1) is 18.8. The van der Waals surface area contributed by atoms with Gasteiger partial charge in [0.05, 0.1) is 19.6 Å². The molecule has 0 spiro atoms. The number of carbonyl (C=O) groups is 2. The SMILES string of the molecule is [CH2]C(COC(=O)CCC(OCCCCCCCC)OCCCCCCCC)COC(=O)OCCC(C)N(C)C. The molecule has 8 nitrogen and oxygen atoms in total. The average molecular weight is 559 g/mol. The van der Waals surface area contributed by atoms with Gasteiger partial charge in [0.1, 0.15) is 6.61 Å². The van der Waals surface area contributed by atoms with Gasteiger partial charge < -0.3 is 28.6 Å². The standard InChI is InChI=1S/C31H60NO7/c1-7-9-11-13-15-17-22-35-30(36-23-18-16-14-12-10-8-2)20-19-29(33)38-25-27(3)26-39-31(34)37-24-21-28(4)32(5)6/h27-28,30H,3,7-26H2,1-2,4-6H3. The van der Waals surface area contributed by atoms with Crippen molar-refractivity contribution in [3.63, 3.8) is 0 Å². The molecule has 0 N–H and O–H groups in total. The Hall–Kier alpha value is -1.38. The summed E-state index contributed by atoms with van der Waals surface area (Å²) >= 11 is 0. The van der Waals surface area contributed by atoms with Gasteiger partial charge in [0.15, 0.2) is 6.29 Å². The van der Waals surface area contributed by atoms with E-state index in [-0.39, 0.29) is 38.1 Å². The van der Waals surface area contributed by atoms with E-state index in [0.29, 0.717) is 25.7 Å². The van der Waals surface area contributed by atoms with Crippen LogP contribution in [0.15, 0.2) is 0 Å². The first kappa shape index (κ1) is 37.6. The van der Waals surface area contributed by atoms with E-state index in [0.717, 1.165) is 32.1 Å². The number of hydrogen-bond acceptors (Lipinski definition) is 8. The zero-order valence-corrected chi connectivity index (χ0v) is 25.9. The van der Waals surface area contributed by atoms with Crippen molar-refractivity contribution in [2.24, 2.45) is 5.92 Å². The van der Waals surface area contributed by atoms with Crippen LogP contribution in [0.4, 0.5) is 4.79 Å². The van der Waals surface area contributed by atoms with Gasteiger partial charge in [-0.25, -0.2) is 4.79 Å². The van der Waals surface area contributed by atoms with E-state index in [1.54, 1.807) is 0 Å². The second kappa shape index (κ2) is 26.8. The molecule has 0 rings (SSSR count). The maximum atomic E-state index is 12.3. The maximum absolute atomic E-state index is 12.3. The van der Waals surface area contributed by atoms with Crippen LogP contribution in [0.1, 0.15) is 117 Å². The van der Waals surface area contributed by atoms with E-state index in [4.69, 9.17) is 23.7 Å². The minimum atomic E-state index is -0.728. The first-order valence-electron chi connectivity index (χ1n) is 15.5. The van der Waals surface area contributed by atoms with Crippen LogP contribution in [0.25, 0.3) is 0 Å². The van der Waals surface area contributed by atoms with Gasteiger partial charge in [-0.3, -0.25) is 4.79 Å². The molecule has 0 aliphatic rings. The molecule has 39 heavy (non-hydrogen) atoms. The molecule has 8 heteroatoms. The Morgan fingerprint density at radius 3 is 1.74 bits per heavy atom. The molecule has 0 aromatic carbocycles. The molecule has 0 amide bonds. The highest BCUT2D eigenvalue weighted by Gasteiger charge is 2.16. The van der Waals surface area contributed by atoms with Crippen LogP contribution < -0.4 is 0 Å². The summed E-state index contributed by atoms with van der Waals surface area (Å²) in [5, 5.41) is 0. The summed E-state index contributed by atoms with van der Waals surface area (Å²) in [7, 11) is 3.95. The number of esters is 1. The summed E-state index contributed by atoms with van der Waals surface area (Å²) in [5.74, 6) is -0.703. The summed E-state index contributed by atoms with van der Waals surface area (Å²) in [6.45, 7) is 12.1. The highest BCUT2D eigenvalue weighted by Crippen LogP contribution is 2.12. The van der Waals surface area contributed by atoms with Gasteiger partial charge in [-0.2, -0.15) is 0 Å². The third-order valence-corrected chi connectivity index (χ3v) is 6.74. The van der Waals surface area contributed by atoms with Crippen molar-refractivity contribution < 1.29 is 33.3 Å². The lowest BCUT2D eigenvalue weighted by Gasteiger charge is -2.19. The van der Waals surface area contributed by atoms with Gasteiger partial charge in [0.2, 0.25) is 0 Å². The van der Waals surface area contributed by atoms with Crippen LogP contribution in [0, 0.1) is 12.8 Å². The summed E-state index contributed by atoms with van der Waals surface area (Å²) in [6, 6.07) is 0.305. The number of ether oxygens (including phenoxy) is 5. The minimum absolute atomic E-state index is 0.0285. The van der Waals surface area contributed by atoms with Crippen LogP contribution in [-0.2, 0) is 28.5 Å². The summed E-state index contributed by atoms with van der Waals surface area (Å²) in [5.41, 5.74) is 0. The third kappa shape index (κ3) is 25.3. The van der Waals surface area contributed by atoms with E-state index >= 15 is 0 Å². The van der Waals surface area contributed by atoms with Crippen molar-refractivity contribution in [1.29, 1.82) is 0 Å². The number of nitrogens with zero attached hydrogens (tertiary/aromatic N) is 1. The van der Waals surface area contributed by atoms with Gasteiger partial charge in [-0.15, -0.1) is 0 Å². The first-order valence-corrected chi connectivity index (χ1v) is 15.5. The monoisotopic (exact) mass is 558 g/mol. The largest absolute Gasteiger partial charge is 0.508 e. The van der Waals surface area contributed by atoms with Gasteiger partial charge in [0, 0.05) is 31.6 Å². The lowest BCUT2D eigenvalue weighted by atomic mass is 10.1. The minimum Gasteiger partial charge on any atom is -0.465 e. The quantitative estimate of drug-likeness (QED) is 0.0588. The van der Waals surface area contributed by atoms with Crippen LogP contribution in [0.3, 0.4) is 0 Å². The molecule has 0 aliphatic carbocycles. The number of hydrogen-bond donors (Lipinski definition) is 0. The molecular weight excluding hydrogens is 498 g/mol. The van der Waals surface area contributed by atoms with Gasteiger partial charge in [0.25, 0.3) is 0 Å². The summed E-state index contributed by atoms with van der Waals surface area (Å²) < 4.78 is 27.5. The molecule has 0 heterocycles. The molecule has 0 fully saturated rings. The third-order valence-electron chi connectivity index (χ3n) is 6.74. The van der Waals surface area contributed by atoms with Crippen LogP contribution in [0.5, 0.6) is 0 Å². The van der Waals surface area contributed by atoms with E-state index in [9.17, 15) is 9.59 Å². The fraction of sp³-hybridized carbons (Fsp3) is 0.903. The van der Waals surface area contributed by atoms with E-state index < -0.39 is 12.4 Å². The predicted molar refractivity (Wildman–Crippen MR) is 157 cm³/mol. The Labute approximate surface area is 239 Å². The van der Waals surface area contributed by atoms with Crippen LogP contribution >= 0.6 is 0 Å². The zero-order valence-electron chi connectivity index (χ0n) is 25.9. The van der Waals surface area contributed by atoms with E-state index in [2.05, 4.69) is 32.6 Å². The predicted octanol–water partition coefficient (Wildman–Crippen LogP) is 7.33. The Balaban J connectivity index is 4.20. The highest BCUT2D eigenvalue weighted by atomic mass is 16.7. The van der Waals surface area contributed by atoms with Gasteiger partial charge in [-0.05, 0) is 47.2 Å². The lowest BCUT2D eigenvalue weighted by Crippen LogP contribution is -2.26. The topological polar surface area (TPSA) is 83.5 Å². The van der Waals surface area contributed by atoms with E-state index in [1.807, 2.05) is 14.1 Å². The normalized spacial score (nSPS) is 13.0. The zero-order chi connectivity index (χ0) is 29.1. The van der Waals surface area contributed by atoms with Gasteiger partial charge in [-0.1, -0.05) is 78.1 Å². The smallest absolute Gasteiger partial charge is 0.465 e. The molecule has 0 saturated heterocycles. The van der Waals surface area contributed by atoms with Crippen molar-refractivity contribution in [2.75, 3.05) is 47.1 Å². The molecule has 1 radical (unpaired) electrons. The van der Waals surface area contributed by atoms with Crippen molar-refractivity contribution >= 4 is 12.1 Å². The van der Waals surface area contributed by atoms with Crippen LogP contribution in [-0.4, -0.2) is 76.5 Å². The second-order valence-electron chi connectivity index (χ2n) is 10.8. The van der Waals surface area contributed by atoms with Crippen molar-refractivity contribution in [1.82, 2.24) is 4.90 Å². The molecule has 0 bridgehead atoms. The molecular formula is C31H60NO7. The average Bonchev–Trinajstić information content (AvgIpc) is 2.91. The fourth-order valence-corrected chi connectivity index (χ4v) is 3.77. The Bertz CT molecular complexity index is 555. The molecule has 2 unspecified atom stereocenters.